The third-order valence-electron chi connectivity index (χ3n) is 3.64. The minimum Gasteiger partial charge on any atom is -0.481 e. The van der Waals surface area contributed by atoms with E-state index >= 15 is 0 Å². The van der Waals surface area contributed by atoms with E-state index in [1.165, 1.54) is 6.07 Å². The number of likely N-dealkylation sites (tertiary alicyclic amines) is 1. The summed E-state index contributed by atoms with van der Waals surface area (Å²) in [6, 6.07) is 4.95. The van der Waals surface area contributed by atoms with Crippen LogP contribution in [0.4, 0.5) is 5.69 Å². The second kappa shape index (κ2) is 5.88. The van der Waals surface area contributed by atoms with Gasteiger partial charge in [0.1, 0.15) is 0 Å². The maximum absolute atomic E-state index is 11.1. The Morgan fingerprint density at radius 1 is 1.55 bits per heavy atom. The zero-order chi connectivity index (χ0) is 14.9. The van der Waals surface area contributed by atoms with Gasteiger partial charge in [-0.3, -0.25) is 19.8 Å². The minimum atomic E-state index is -0.801. The summed E-state index contributed by atoms with van der Waals surface area (Å²) in [5.41, 5.74) is 0.669. The number of nitro benzene ring substituents is 1. The lowest BCUT2D eigenvalue weighted by atomic mass is 9.99. The molecule has 0 saturated carbocycles. The summed E-state index contributed by atoms with van der Waals surface area (Å²) in [5.74, 6) is -1.14. The number of aliphatic carboxylic acids is 1. The van der Waals surface area contributed by atoms with Crippen molar-refractivity contribution in [2.75, 3.05) is 13.1 Å². The number of carboxylic acid groups (broad SMARTS) is 1. The van der Waals surface area contributed by atoms with Crippen LogP contribution in [0, 0.1) is 22.0 Å². The van der Waals surface area contributed by atoms with Crippen molar-refractivity contribution in [1.82, 2.24) is 4.90 Å². The summed E-state index contributed by atoms with van der Waals surface area (Å²) in [6.07, 6.45) is 0. The molecule has 0 aliphatic carbocycles. The van der Waals surface area contributed by atoms with Crippen molar-refractivity contribution in [2.45, 2.75) is 13.5 Å². The maximum atomic E-state index is 11.1. The molecule has 1 heterocycles. The quantitative estimate of drug-likeness (QED) is 0.671. The molecule has 2 rings (SSSR count). The van der Waals surface area contributed by atoms with Gasteiger partial charge in [-0.25, -0.2) is 0 Å². The van der Waals surface area contributed by atoms with E-state index in [0.29, 0.717) is 29.7 Å². The summed E-state index contributed by atoms with van der Waals surface area (Å²) >= 11 is 3.22. The van der Waals surface area contributed by atoms with Gasteiger partial charge in [0.05, 0.1) is 10.8 Å². The molecule has 1 saturated heterocycles. The summed E-state index contributed by atoms with van der Waals surface area (Å²) < 4.78 is 0.658. The smallest absolute Gasteiger partial charge is 0.308 e. The van der Waals surface area contributed by atoms with Crippen LogP contribution in [0.1, 0.15) is 12.5 Å². The zero-order valence-electron chi connectivity index (χ0n) is 11.0. The molecule has 0 spiro atoms. The van der Waals surface area contributed by atoms with Gasteiger partial charge in [-0.15, -0.1) is 0 Å². The molecule has 0 bridgehead atoms. The topological polar surface area (TPSA) is 83.7 Å². The Morgan fingerprint density at radius 2 is 2.25 bits per heavy atom. The van der Waals surface area contributed by atoms with Crippen molar-refractivity contribution >= 4 is 27.6 Å². The Morgan fingerprint density at radius 3 is 2.80 bits per heavy atom. The highest BCUT2D eigenvalue weighted by Crippen LogP contribution is 2.29. The lowest BCUT2D eigenvalue weighted by Gasteiger charge is -2.15. The average molecular weight is 343 g/mol. The van der Waals surface area contributed by atoms with E-state index in [2.05, 4.69) is 15.9 Å². The van der Waals surface area contributed by atoms with Crippen LogP contribution >= 0.6 is 15.9 Å². The van der Waals surface area contributed by atoms with E-state index in [9.17, 15) is 14.9 Å². The largest absolute Gasteiger partial charge is 0.481 e. The van der Waals surface area contributed by atoms with Crippen molar-refractivity contribution in [1.29, 1.82) is 0 Å². The molecule has 0 radical (unpaired) electrons. The number of hydrogen-bond acceptors (Lipinski definition) is 4. The fourth-order valence-electron chi connectivity index (χ4n) is 2.60. The van der Waals surface area contributed by atoms with Crippen molar-refractivity contribution < 1.29 is 14.8 Å². The Bertz CT molecular complexity index is 549. The number of halogens is 1. The Balaban J connectivity index is 2.15. The molecule has 1 N–H and O–H groups in total. The normalized spacial score (nSPS) is 22.9. The van der Waals surface area contributed by atoms with Crippen LogP contribution in [0.15, 0.2) is 22.7 Å². The first-order chi connectivity index (χ1) is 9.38. The molecule has 20 heavy (non-hydrogen) atoms. The molecule has 1 aromatic carbocycles. The fourth-order valence-corrected chi connectivity index (χ4v) is 2.95. The van der Waals surface area contributed by atoms with E-state index in [-0.39, 0.29) is 11.6 Å². The standard InChI is InChI=1S/C13H15BrN2O4/c1-8-5-15(7-11(8)13(17)18)6-9-2-3-10(14)4-12(9)16(19)20/h2-4,8,11H,5-7H2,1H3,(H,17,18)/t8-,11-/m1/s1. The van der Waals surface area contributed by atoms with Crippen molar-refractivity contribution in [3.63, 3.8) is 0 Å². The molecule has 2 atom stereocenters. The Labute approximate surface area is 124 Å². The van der Waals surface area contributed by atoms with Crippen LogP contribution in [-0.2, 0) is 11.3 Å². The molecule has 0 unspecified atom stereocenters. The van der Waals surface area contributed by atoms with Crippen LogP contribution in [-0.4, -0.2) is 34.0 Å². The van der Waals surface area contributed by atoms with Gasteiger partial charge in [-0.2, -0.15) is 0 Å². The summed E-state index contributed by atoms with van der Waals surface area (Å²) in [4.78, 5) is 23.7. The summed E-state index contributed by atoms with van der Waals surface area (Å²) in [7, 11) is 0. The number of nitro groups is 1. The molecule has 6 nitrogen and oxygen atoms in total. The molecule has 108 valence electrons. The fraction of sp³-hybridized carbons (Fsp3) is 0.462. The van der Waals surface area contributed by atoms with E-state index in [1.54, 1.807) is 12.1 Å². The molecule has 0 amide bonds. The van der Waals surface area contributed by atoms with Gasteiger partial charge in [0, 0.05) is 35.7 Å². The highest BCUT2D eigenvalue weighted by molar-refractivity contribution is 9.10. The SMILES string of the molecule is C[C@@H]1CN(Cc2ccc(Br)cc2[N+](=O)[O-])C[C@H]1C(=O)O. The number of nitrogens with zero attached hydrogens (tertiary/aromatic N) is 2. The van der Waals surface area contributed by atoms with Gasteiger partial charge < -0.3 is 5.11 Å². The molecule has 1 aromatic rings. The van der Waals surface area contributed by atoms with Crippen LogP contribution in [0.5, 0.6) is 0 Å². The third-order valence-corrected chi connectivity index (χ3v) is 4.14. The first kappa shape index (κ1) is 14.9. The summed E-state index contributed by atoms with van der Waals surface area (Å²) in [5, 5.41) is 20.2. The lowest BCUT2D eigenvalue weighted by Crippen LogP contribution is -2.23. The van der Waals surface area contributed by atoms with E-state index in [4.69, 9.17) is 5.11 Å². The van der Waals surface area contributed by atoms with Crippen molar-refractivity contribution in [3.8, 4) is 0 Å². The molecular weight excluding hydrogens is 328 g/mol. The van der Waals surface area contributed by atoms with Crippen LogP contribution in [0.25, 0.3) is 0 Å². The first-order valence-corrected chi connectivity index (χ1v) is 7.05. The molecule has 7 heteroatoms. The number of carbonyl (C=O) groups is 1. The van der Waals surface area contributed by atoms with Crippen LogP contribution in [0.3, 0.4) is 0 Å². The third kappa shape index (κ3) is 3.16. The Hall–Kier alpha value is -1.47. The molecule has 0 aromatic heterocycles. The molecule has 1 fully saturated rings. The second-order valence-corrected chi connectivity index (χ2v) is 6.06. The maximum Gasteiger partial charge on any atom is 0.308 e. The number of benzene rings is 1. The summed E-state index contributed by atoms with van der Waals surface area (Å²) in [6.45, 7) is 3.38. The van der Waals surface area contributed by atoms with Gasteiger partial charge in [0.15, 0.2) is 0 Å². The average Bonchev–Trinajstić information content (AvgIpc) is 2.72. The number of hydrogen-bond donors (Lipinski definition) is 1. The van der Waals surface area contributed by atoms with Crippen LogP contribution in [0.2, 0.25) is 0 Å². The van der Waals surface area contributed by atoms with Gasteiger partial charge in [-0.1, -0.05) is 22.9 Å². The van der Waals surface area contributed by atoms with Gasteiger partial charge in [-0.05, 0) is 18.1 Å². The van der Waals surface area contributed by atoms with Gasteiger partial charge in [0.2, 0.25) is 0 Å². The van der Waals surface area contributed by atoms with E-state index < -0.39 is 16.8 Å². The zero-order valence-corrected chi connectivity index (χ0v) is 12.5. The number of rotatable bonds is 4. The van der Waals surface area contributed by atoms with Crippen LogP contribution < -0.4 is 0 Å². The minimum absolute atomic E-state index is 0.0574. The monoisotopic (exact) mass is 342 g/mol. The molecule has 1 aliphatic rings. The molecule has 1 aliphatic heterocycles. The van der Waals surface area contributed by atoms with E-state index in [1.807, 2.05) is 11.8 Å². The highest BCUT2D eigenvalue weighted by Gasteiger charge is 2.35. The predicted octanol–water partition coefficient (Wildman–Crippen LogP) is 2.51. The van der Waals surface area contributed by atoms with Gasteiger partial charge >= 0.3 is 5.97 Å². The molecular formula is C13H15BrN2O4. The highest BCUT2D eigenvalue weighted by atomic mass is 79.9. The van der Waals surface area contributed by atoms with E-state index in [0.717, 1.165) is 0 Å². The number of carboxylic acids is 1. The predicted molar refractivity (Wildman–Crippen MR) is 76.4 cm³/mol. The Kier molecular flexibility index (Phi) is 4.39. The van der Waals surface area contributed by atoms with Gasteiger partial charge in [0.25, 0.3) is 5.69 Å². The lowest BCUT2D eigenvalue weighted by molar-refractivity contribution is -0.385. The second-order valence-electron chi connectivity index (χ2n) is 5.15. The first-order valence-electron chi connectivity index (χ1n) is 6.26. The van der Waals surface area contributed by atoms with Crippen molar-refractivity contribution in [3.05, 3.63) is 38.3 Å². The van der Waals surface area contributed by atoms with Crippen molar-refractivity contribution in [2.24, 2.45) is 11.8 Å².